The van der Waals surface area contributed by atoms with E-state index in [4.69, 9.17) is 9.47 Å². The second-order valence-corrected chi connectivity index (χ2v) is 13.6. The summed E-state index contributed by atoms with van der Waals surface area (Å²) < 4.78 is 11.0. The summed E-state index contributed by atoms with van der Waals surface area (Å²) >= 11 is 0. The summed E-state index contributed by atoms with van der Waals surface area (Å²) in [7, 11) is 0. The largest absolute Gasteiger partial charge is 0.394 e. The van der Waals surface area contributed by atoms with Gasteiger partial charge in [-0.3, -0.25) is 4.79 Å². The first-order valence-electron chi connectivity index (χ1n) is 19.2. The Morgan fingerprint density at radius 1 is 0.694 bits per heavy atom. The molecule has 1 aliphatic heterocycles. The number of rotatable bonds is 30. The highest BCUT2D eigenvalue weighted by Crippen LogP contribution is 2.23. The van der Waals surface area contributed by atoms with Crippen LogP contribution in [0.5, 0.6) is 0 Å². The van der Waals surface area contributed by atoms with E-state index in [1.165, 1.54) is 44.9 Å². The molecule has 8 N–H and O–H groups in total. The molecule has 0 spiro atoms. The van der Waals surface area contributed by atoms with Gasteiger partial charge in [0.05, 0.1) is 25.4 Å². The van der Waals surface area contributed by atoms with Gasteiger partial charge in [-0.2, -0.15) is 0 Å². The van der Waals surface area contributed by atoms with Gasteiger partial charge in [-0.05, 0) is 57.8 Å². The Labute approximate surface area is 295 Å². The van der Waals surface area contributed by atoms with E-state index in [0.29, 0.717) is 12.8 Å². The van der Waals surface area contributed by atoms with Gasteiger partial charge in [0.2, 0.25) is 5.91 Å². The SMILES string of the molecule is CCCC/C=C/CCCC(O)C(O)C(COC1OC(CO)C(O)C(O)C1O)NC(=O)C(O)CCCCCC/C=C\CCCCCCCCC. The van der Waals surface area contributed by atoms with Gasteiger partial charge < -0.3 is 50.5 Å². The molecular weight excluding hydrogens is 630 g/mol. The molecule has 9 atom stereocenters. The number of ether oxygens (including phenoxy) is 2. The molecule has 0 bridgehead atoms. The topological polar surface area (TPSA) is 189 Å². The van der Waals surface area contributed by atoms with Crippen molar-refractivity contribution in [1.29, 1.82) is 0 Å². The number of aliphatic hydroxyl groups is 7. The average Bonchev–Trinajstić information content (AvgIpc) is 3.10. The van der Waals surface area contributed by atoms with Crippen LogP contribution in [0.3, 0.4) is 0 Å². The first kappa shape index (κ1) is 45.6. The van der Waals surface area contributed by atoms with Crippen LogP contribution in [0.1, 0.15) is 142 Å². The zero-order chi connectivity index (χ0) is 36.3. The van der Waals surface area contributed by atoms with Crippen molar-refractivity contribution in [2.45, 2.75) is 197 Å². The van der Waals surface area contributed by atoms with E-state index in [1.54, 1.807) is 0 Å². The Kier molecular flexibility index (Phi) is 27.2. The van der Waals surface area contributed by atoms with Crippen molar-refractivity contribution >= 4 is 5.91 Å². The monoisotopic (exact) mass is 702 g/mol. The van der Waals surface area contributed by atoms with Crippen molar-refractivity contribution < 1.29 is 50.0 Å². The number of carbonyl (C=O) groups is 1. The second kappa shape index (κ2) is 29.2. The van der Waals surface area contributed by atoms with E-state index in [9.17, 15) is 40.5 Å². The normalized spacial score (nSPS) is 24.0. The van der Waals surface area contributed by atoms with E-state index in [2.05, 4.69) is 37.4 Å². The van der Waals surface area contributed by atoms with Crippen molar-refractivity contribution in [1.82, 2.24) is 5.32 Å². The number of unbranched alkanes of at least 4 members (excludes halogenated alkanes) is 14. The fourth-order valence-corrected chi connectivity index (χ4v) is 5.89. The fourth-order valence-electron chi connectivity index (χ4n) is 5.89. The Morgan fingerprint density at radius 3 is 1.82 bits per heavy atom. The van der Waals surface area contributed by atoms with Gasteiger partial charge in [0.15, 0.2) is 6.29 Å². The predicted octanol–water partition coefficient (Wildman–Crippen LogP) is 4.32. The molecule has 9 unspecified atom stereocenters. The molecule has 11 nitrogen and oxygen atoms in total. The lowest BCUT2D eigenvalue weighted by Crippen LogP contribution is -2.60. The molecule has 0 aromatic heterocycles. The molecule has 1 fully saturated rings. The summed E-state index contributed by atoms with van der Waals surface area (Å²) in [5.74, 6) is -0.721. The van der Waals surface area contributed by atoms with E-state index < -0.39 is 74.2 Å². The quantitative estimate of drug-likeness (QED) is 0.0396. The molecule has 1 aliphatic rings. The smallest absolute Gasteiger partial charge is 0.249 e. The maximum Gasteiger partial charge on any atom is 0.249 e. The molecule has 288 valence electrons. The fraction of sp³-hybridized carbons (Fsp3) is 0.868. The van der Waals surface area contributed by atoms with Crippen LogP contribution in [0.2, 0.25) is 0 Å². The third-order valence-electron chi connectivity index (χ3n) is 9.23. The van der Waals surface area contributed by atoms with Gasteiger partial charge in [-0.15, -0.1) is 0 Å². The lowest BCUT2D eigenvalue weighted by molar-refractivity contribution is -0.303. The first-order valence-corrected chi connectivity index (χ1v) is 19.2. The maximum atomic E-state index is 12.9. The van der Waals surface area contributed by atoms with Crippen LogP contribution >= 0.6 is 0 Å². The van der Waals surface area contributed by atoms with E-state index in [1.807, 2.05) is 6.08 Å². The molecule has 1 heterocycles. The van der Waals surface area contributed by atoms with Crippen LogP contribution in [0.4, 0.5) is 0 Å². The highest BCUT2D eigenvalue weighted by molar-refractivity contribution is 5.80. The third-order valence-corrected chi connectivity index (χ3v) is 9.23. The molecule has 0 radical (unpaired) electrons. The van der Waals surface area contributed by atoms with Gasteiger partial charge in [-0.25, -0.2) is 0 Å². The summed E-state index contributed by atoms with van der Waals surface area (Å²) in [6, 6.07) is -1.18. The first-order chi connectivity index (χ1) is 23.7. The Balaban J connectivity index is 2.54. The summed E-state index contributed by atoms with van der Waals surface area (Å²) in [4.78, 5) is 12.9. The molecule has 49 heavy (non-hydrogen) atoms. The van der Waals surface area contributed by atoms with E-state index >= 15 is 0 Å². The van der Waals surface area contributed by atoms with Crippen LogP contribution in [0, 0.1) is 0 Å². The molecule has 0 saturated carbocycles. The summed E-state index contributed by atoms with van der Waals surface area (Å²) in [5.41, 5.74) is 0. The van der Waals surface area contributed by atoms with Crippen molar-refractivity contribution in [2.75, 3.05) is 13.2 Å². The Morgan fingerprint density at radius 2 is 1.22 bits per heavy atom. The lowest BCUT2D eigenvalue weighted by Gasteiger charge is -2.40. The second-order valence-electron chi connectivity index (χ2n) is 13.6. The average molecular weight is 702 g/mol. The van der Waals surface area contributed by atoms with Crippen LogP contribution in [0.15, 0.2) is 24.3 Å². The van der Waals surface area contributed by atoms with Gasteiger partial charge in [0.25, 0.3) is 0 Å². The maximum absolute atomic E-state index is 12.9. The molecule has 1 saturated heterocycles. The molecule has 11 heteroatoms. The standard InChI is InChI=1S/C38H71NO10/c1-3-5-7-9-11-12-13-14-15-16-17-18-20-22-24-26-31(42)37(47)39-29(33(43)30(41)25-23-21-19-10-8-6-4-2)28-48-38-36(46)35(45)34(44)32(27-40)49-38/h10,15-16,19,29-36,38,40-46H,3-9,11-14,17-18,20-28H2,1-2H3,(H,39,47)/b16-15-,19-10+. The van der Waals surface area contributed by atoms with Crippen molar-refractivity contribution in [3.8, 4) is 0 Å². The Bertz CT molecular complexity index is 856. The van der Waals surface area contributed by atoms with Gasteiger partial charge in [-0.1, -0.05) is 109 Å². The van der Waals surface area contributed by atoms with Gasteiger partial charge in [0.1, 0.15) is 36.6 Å². The number of hydrogen-bond donors (Lipinski definition) is 8. The number of allylic oxidation sites excluding steroid dienone is 4. The molecular formula is C38H71NO10. The van der Waals surface area contributed by atoms with Crippen LogP contribution in [-0.2, 0) is 14.3 Å². The minimum absolute atomic E-state index is 0.239. The van der Waals surface area contributed by atoms with Crippen molar-refractivity contribution in [3.05, 3.63) is 24.3 Å². The van der Waals surface area contributed by atoms with Crippen molar-refractivity contribution in [2.24, 2.45) is 0 Å². The minimum atomic E-state index is -1.66. The number of nitrogens with one attached hydrogen (secondary N) is 1. The minimum Gasteiger partial charge on any atom is -0.394 e. The van der Waals surface area contributed by atoms with Gasteiger partial charge in [0, 0.05) is 0 Å². The molecule has 1 rings (SSSR count). The van der Waals surface area contributed by atoms with E-state index in [-0.39, 0.29) is 12.8 Å². The third kappa shape index (κ3) is 20.3. The zero-order valence-electron chi connectivity index (χ0n) is 30.4. The molecule has 0 aromatic carbocycles. The number of amides is 1. The van der Waals surface area contributed by atoms with Crippen LogP contribution in [0.25, 0.3) is 0 Å². The number of carbonyl (C=O) groups excluding carboxylic acids is 1. The zero-order valence-corrected chi connectivity index (χ0v) is 30.4. The molecule has 0 aromatic rings. The summed E-state index contributed by atoms with van der Waals surface area (Å²) in [6.45, 7) is 3.28. The van der Waals surface area contributed by atoms with Crippen LogP contribution < -0.4 is 5.32 Å². The Hall–Kier alpha value is -1.41. The van der Waals surface area contributed by atoms with Crippen LogP contribution in [-0.4, -0.2) is 110 Å². The lowest BCUT2D eigenvalue weighted by atomic mass is 9.98. The highest BCUT2D eigenvalue weighted by atomic mass is 16.7. The predicted molar refractivity (Wildman–Crippen MR) is 192 cm³/mol. The van der Waals surface area contributed by atoms with Gasteiger partial charge >= 0.3 is 0 Å². The van der Waals surface area contributed by atoms with Crippen molar-refractivity contribution in [3.63, 3.8) is 0 Å². The number of aliphatic hydroxyl groups excluding tert-OH is 7. The summed E-state index contributed by atoms with van der Waals surface area (Å²) in [6.07, 6.45) is 17.0. The molecule has 0 aliphatic carbocycles. The van der Waals surface area contributed by atoms with E-state index in [0.717, 1.165) is 57.8 Å². The molecule has 1 amide bonds. The highest BCUT2D eigenvalue weighted by Gasteiger charge is 2.44. The summed E-state index contributed by atoms with van der Waals surface area (Å²) in [5, 5.41) is 74.9. The number of hydrogen-bond acceptors (Lipinski definition) is 10.